The second-order valence-electron chi connectivity index (χ2n) is 8.55. The summed E-state index contributed by atoms with van der Waals surface area (Å²) in [5.74, 6) is 0.238. The van der Waals surface area contributed by atoms with Gasteiger partial charge < -0.3 is 10.5 Å². The van der Waals surface area contributed by atoms with E-state index < -0.39 is 16.1 Å². The van der Waals surface area contributed by atoms with Crippen molar-refractivity contribution in [2.75, 3.05) is 5.32 Å². The van der Waals surface area contributed by atoms with Crippen LogP contribution in [0.4, 0.5) is 10.5 Å². The molecule has 0 saturated carbocycles. The molecule has 1 aliphatic carbocycles. The van der Waals surface area contributed by atoms with E-state index in [1.54, 1.807) is 6.07 Å². The lowest BCUT2D eigenvalue weighted by Gasteiger charge is -2.21. The van der Waals surface area contributed by atoms with Gasteiger partial charge in [-0.15, -0.1) is 0 Å². The summed E-state index contributed by atoms with van der Waals surface area (Å²) in [6, 6.07) is 7.66. The second kappa shape index (κ2) is 9.62. The number of oxime groups is 1. The van der Waals surface area contributed by atoms with Gasteiger partial charge in [0.25, 0.3) is 10.0 Å². The minimum Gasteiger partial charge on any atom is -0.411 e. The molecule has 9 heteroatoms. The molecule has 32 heavy (non-hydrogen) atoms. The minimum absolute atomic E-state index is 0.0570. The Morgan fingerprint density at radius 1 is 1.06 bits per heavy atom. The molecule has 3 N–H and O–H groups in total. The summed E-state index contributed by atoms with van der Waals surface area (Å²) in [5.41, 5.74) is 4.41. The number of carbonyl (C=O) groups is 1. The van der Waals surface area contributed by atoms with Crippen LogP contribution in [0.15, 0.2) is 44.9 Å². The number of hydrogen-bond acceptors (Lipinski definition) is 5. The van der Waals surface area contributed by atoms with Crippen molar-refractivity contribution in [3.05, 3.63) is 57.1 Å². The lowest BCUT2D eigenvalue weighted by atomic mass is 9.90. The number of urea groups is 1. The normalized spacial score (nSPS) is 15.2. The van der Waals surface area contributed by atoms with E-state index in [0.29, 0.717) is 23.4 Å². The van der Waals surface area contributed by atoms with Gasteiger partial charge in [0.2, 0.25) is 0 Å². The van der Waals surface area contributed by atoms with Gasteiger partial charge in [-0.1, -0.05) is 54.8 Å². The van der Waals surface area contributed by atoms with Crippen molar-refractivity contribution in [2.24, 2.45) is 5.16 Å². The molecule has 2 aromatic rings. The molecule has 0 heterocycles. The zero-order chi connectivity index (χ0) is 23.6. The first-order valence-corrected chi connectivity index (χ1v) is 12.8. The number of nitrogens with one attached hydrogen (secondary N) is 2. The van der Waals surface area contributed by atoms with Crippen LogP contribution in [-0.4, -0.2) is 25.4 Å². The van der Waals surface area contributed by atoms with Crippen LogP contribution in [0.2, 0.25) is 0 Å². The topological polar surface area (TPSA) is 108 Å². The van der Waals surface area contributed by atoms with Gasteiger partial charge in [-0.3, -0.25) is 0 Å². The number of hydrogen-bond donors (Lipinski definition) is 3. The number of fused-ring (bicyclic) bond motifs is 1. The second-order valence-corrected chi connectivity index (χ2v) is 11.1. The fraction of sp³-hybridized carbons (Fsp3) is 0.391. The van der Waals surface area contributed by atoms with Crippen LogP contribution in [0.1, 0.15) is 74.6 Å². The predicted molar refractivity (Wildman–Crippen MR) is 129 cm³/mol. The highest BCUT2D eigenvalue weighted by Crippen LogP contribution is 2.35. The molecule has 0 aliphatic heterocycles. The summed E-state index contributed by atoms with van der Waals surface area (Å²) >= 11 is 3.52. The zero-order valence-electron chi connectivity index (χ0n) is 18.6. The Morgan fingerprint density at radius 3 is 2.25 bits per heavy atom. The number of amides is 2. The number of rotatable bonds is 5. The maximum absolute atomic E-state index is 12.9. The number of sulfonamides is 1. The van der Waals surface area contributed by atoms with Crippen molar-refractivity contribution < 1.29 is 18.4 Å². The Balaban J connectivity index is 1.90. The molecular weight excluding hydrogens is 494 g/mol. The predicted octanol–water partition coefficient (Wildman–Crippen LogP) is 5.72. The van der Waals surface area contributed by atoms with Crippen LogP contribution in [0.25, 0.3) is 0 Å². The number of halogens is 1. The lowest BCUT2D eigenvalue weighted by Crippen LogP contribution is -2.35. The summed E-state index contributed by atoms with van der Waals surface area (Å²) in [4.78, 5) is 12.7. The molecule has 1 aliphatic rings. The van der Waals surface area contributed by atoms with Gasteiger partial charge in [-0.2, -0.15) is 0 Å². The smallest absolute Gasteiger partial charge is 0.333 e. The molecule has 0 radical (unpaired) electrons. The Hall–Kier alpha value is -2.39. The van der Waals surface area contributed by atoms with Crippen molar-refractivity contribution in [1.29, 1.82) is 0 Å². The van der Waals surface area contributed by atoms with E-state index in [4.69, 9.17) is 0 Å². The maximum atomic E-state index is 12.9. The number of aryl methyl sites for hydroxylation is 1. The third-order valence-electron chi connectivity index (χ3n) is 5.56. The van der Waals surface area contributed by atoms with Gasteiger partial charge in [-0.25, -0.2) is 17.9 Å². The van der Waals surface area contributed by atoms with Crippen molar-refractivity contribution in [3.8, 4) is 0 Å². The quantitative estimate of drug-likeness (QED) is 0.345. The molecule has 0 aromatic heterocycles. The number of nitrogens with zero attached hydrogens (tertiary/aromatic N) is 1. The van der Waals surface area contributed by atoms with Crippen molar-refractivity contribution in [3.63, 3.8) is 0 Å². The third-order valence-corrected chi connectivity index (χ3v) is 7.34. The third kappa shape index (κ3) is 5.15. The first kappa shape index (κ1) is 24.3. The lowest BCUT2D eigenvalue weighted by molar-refractivity contribution is 0.256. The fourth-order valence-electron chi connectivity index (χ4n) is 3.92. The van der Waals surface area contributed by atoms with E-state index >= 15 is 0 Å². The highest BCUT2D eigenvalue weighted by molar-refractivity contribution is 9.10. The molecule has 2 aromatic carbocycles. The molecule has 0 bridgehead atoms. The molecule has 0 saturated heterocycles. The zero-order valence-corrected chi connectivity index (χ0v) is 21.0. The van der Waals surface area contributed by atoms with E-state index in [-0.39, 0.29) is 16.7 Å². The average Bonchev–Trinajstić information content (AvgIpc) is 2.73. The molecule has 172 valence electrons. The van der Waals surface area contributed by atoms with Crippen LogP contribution >= 0.6 is 15.9 Å². The van der Waals surface area contributed by atoms with E-state index in [9.17, 15) is 18.4 Å². The molecule has 0 spiro atoms. The largest absolute Gasteiger partial charge is 0.411 e. The van der Waals surface area contributed by atoms with Crippen LogP contribution in [0, 0.1) is 0 Å². The molecule has 0 atom stereocenters. The van der Waals surface area contributed by atoms with Gasteiger partial charge >= 0.3 is 6.03 Å². The summed E-state index contributed by atoms with van der Waals surface area (Å²) < 4.78 is 28.9. The van der Waals surface area contributed by atoms with E-state index in [1.165, 1.54) is 12.1 Å². The van der Waals surface area contributed by atoms with Crippen LogP contribution in [0.3, 0.4) is 0 Å². The Morgan fingerprint density at radius 2 is 1.69 bits per heavy atom. The average molecular weight is 522 g/mol. The maximum Gasteiger partial charge on any atom is 0.333 e. The highest BCUT2D eigenvalue weighted by Gasteiger charge is 2.24. The molecule has 3 rings (SSSR count). The van der Waals surface area contributed by atoms with Gasteiger partial charge in [0.15, 0.2) is 0 Å². The van der Waals surface area contributed by atoms with Gasteiger partial charge in [0, 0.05) is 15.7 Å². The molecule has 0 unspecified atom stereocenters. The van der Waals surface area contributed by atoms with Crippen molar-refractivity contribution in [1.82, 2.24) is 4.72 Å². The first-order valence-electron chi connectivity index (χ1n) is 10.5. The highest BCUT2D eigenvalue weighted by atomic mass is 79.9. The van der Waals surface area contributed by atoms with E-state index in [2.05, 4.69) is 31.1 Å². The first-order chi connectivity index (χ1) is 15.0. The van der Waals surface area contributed by atoms with Crippen LogP contribution in [0.5, 0.6) is 0 Å². The fourth-order valence-corrected chi connectivity index (χ4v) is 5.35. The van der Waals surface area contributed by atoms with Crippen molar-refractivity contribution >= 4 is 43.4 Å². The van der Waals surface area contributed by atoms with E-state index in [0.717, 1.165) is 34.0 Å². The Labute approximate surface area is 197 Å². The van der Waals surface area contributed by atoms with Gasteiger partial charge in [0.1, 0.15) is 0 Å². The summed E-state index contributed by atoms with van der Waals surface area (Å²) in [5, 5.41) is 15.3. The van der Waals surface area contributed by atoms with Crippen LogP contribution < -0.4 is 10.0 Å². The van der Waals surface area contributed by atoms with E-state index in [1.807, 2.05) is 39.8 Å². The molecule has 0 fully saturated rings. The van der Waals surface area contributed by atoms with Crippen molar-refractivity contribution in [2.45, 2.75) is 63.7 Å². The van der Waals surface area contributed by atoms with Crippen LogP contribution in [-0.2, 0) is 16.4 Å². The summed E-state index contributed by atoms with van der Waals surface area (Å²) in [7, 11) is -4.13. The molecule has 2 amide bonds. The number of benzene rings is 2. The monoisotopic (exact) mass is 521 g/mol. The molecule has 7 nitrogen and oxygen atoms in total. The standard InChI is InChI=1S/C23H28BrN3O4S/c1-13(2)18-10-16(24)11-19(14(3)4)22(18)25-23(28)27-32(30,31)17-9-8-15-6-5-7-21(26-29)20(15)12-17/h8-14,29H,5-7H2,1-4H3,(H2,25,27,28). The summed E-state index contributed by atoms with van der Waals surface area (Å²) in [6.45, 7) is 8.05. The number of anilines is 1. The minimum atomic E-state index is -4.13. The van der Waals surface area contributed by atoms with Gasteiger partial charge in [-0.05, 0) is 72.1 Å². The van der Waals surface area contributed by atoms with Gasteiger partial charge in [0.05, 0.1) is 10.6 Å². The summed E-state index contributed by atoms with van der Waals surface area (Å²) in [6.07, 6.45) is 2.19. The number of carbonyl (C=O) groups excluding carboxylic acids is 1. The molecular formula is C23H28BrN3O4S. The Kier molecular flexibility index (Phi) is 7.29. The SMILES string of the molecule is CC(C)c1cc(Br)cc(C(C)C)c1NC(=O)NS(=O)(=O)c1ccc2c(c1)C(=NO)CCC2. The Bertz CT molecular complexity index is 1140.